The second kappa shape index (κ2) is 6.74. The largest absolute Gasteiger partial charge is 0.269 e. The minimum atomic E-state index is -3.79. The van der Waals surface area contributed by atoms with Gasteiger partial charge in [-0.05, 0) is 47.2 Å². The summed E-state index contributed by atoms with van der Waals surface area (Å²) in [5.74, 6) is -0.0317. The molecule has 5 nitrogen and oxygen atoms in total. The Labute approximate surface area is 153 Å². The zero-order valence-electron chi connectivity index (χ0n) is 14.5. The Kier molecular flexibility index (Phi) is 4.77. The first kappa shape index (κ1) is 18.4. The van der Waals surface area contributed by atoms with Gasteiger partial charge in [-0.25, -0.2) is 16.8 Å². The van der Waals surface area contributed by atoms with Gasteiger partial charge in [0.1, 0.15) is 0 Å². The van der Waals surface area contributed by atoms with Crippen LogP contribution in [0.4, 0.5) is 5.69 Å². The summed E-state index contributed by atoms with van der Waals surface area (Å²) in [4.78, 5) is 0.163. The zero-order valence-corrected chi connectivity index (χ0v) is 16.1. The summed E-state index contributed by atoms with van der Waals surface area (Å²) in [5, 5.41) is 1.97. The van der Waals surface area contributed by atoms with Crippen molar-refractivity contribution in [2.45, 2.75) is 16.7 Å². The minimum absolute atomic E-state index is 0.0317. The van der Waals surface area contributed by atoms with E-state index < -0.39 is 19.9 Å². The highest BCUT2D eigenvalue weighted by molar-refractivity contribution is 7.93. The van der Waals surface area contributed by atoms with Crippen LogP contribution in [0.1, 0.15) is 6.92 Å². The van der Waals surface area contributed by atoms with Gasteiger partial charge in [0.05, 0.1) is 21.2 Å². The van der Waals surface area contributed by atoms with Crippen molar-refractivity contribution in [1.82, 2.24) is 0 Å². The maximum absolute atomic E-state index is 12.9. The van der Waals surface area contributed by atoms with Crippen LogP contribution in [0.5, 0.6) is 0 Å². The lowest BCUT2D eigenvalue weighted by Crippen LogP contribution is -2.26. The number of nitrogens with zero attached hydrogens (tertiary/aromatic N) is 1. The predicted molar refractivity (Wildman–Crippen MR) is 104 cm³/mol. The summed E-state index contributed by atoms with van der Waals surface area (Å²) >= 11 is 0. The van der Waals surface area contributed by atoms with Gasteiger partial charge in [-0.3, -0.25) is 4.31 Å². The van der Waals surface area contributed by atoms with E-state index in [1.807, 2.05) is 36.4 Å². The fraction of sp³-hybridized carbons (Fsp3) is 0.158. The van der Waals surface area contributed by atoms with Crippen molar-refractivity contribution in [3.05, 3.63) is 66.7 Å². The van der Waals surface area contributed by atoms with E-state index in [0.717, 1.165) is 10.8 Å². The van der Waals surface area contributed by atoms with Crippen LogP contribution in [-0.4, -0.2) is 29.6 Å². The summed E-state index contributed by atoms with van der Waals surface area (Å²) in [6, 6.07) is 18.4. The smallest absolute Gasteiger partial charge is 0.264 e. The lowest BCUT2D eigenvalue weighted by atomic mass is 10.1. The van der Waals surface area contributed by atoms with Crippen LogP contribution in [0.25, 0.3) is 10.8 Å². The third-order valence-corrected chi connectivity index (χ3v) is 7.87. The molecule has 0 saturated heterocycles. The van der Waals surface area contributed by atoms with Gasteiger partial charge >= 0.3 is 0 Å². The number of rotatable bonds is 5. The van der Waals surface area contributed by atoms with Crippen molar-refractivity contribution in [2.75, 3.05) is 17.1 Å². The van der Waals surface area contributed by atoms with E-state index in [9.17, 15) is 16.8 Å². The Balaban J connectivity index is 1.98. The maximum atomic E-state index is 12.9. The van der Waals surface area contributed by atoms with E-state index >= 15 is 0 Å². The molecule has 0 spiro atoms. The average Bonchev–Trinajstić information content (AvgIpc) is 2.67. The number of sulfonamides is 1. The Hall–Kier alpha value is -2.38. The SMILES string of the molecule is CCS(=O)(=O)c1ccc(S(=O)(=O)N(C)c2ccc3ccccc3c2)cc1. The second-order valence-corrected chi connectivity index (χ2v) is 10.1. The lowest BCUT2D eigenvalue weighted by Gasteiger charge is -2.20. The highest BCUT2D eigenvalue weighted by Gasteiger charge is 2.22. The summed E-state index contributed by atoms with van der Waals surface area (Å²) in [6.07, 6.45) is 0. The fourth-order valence-electron chi connectivity index (χ4n) is 2.66. The molecule has 0 atom stereocenters. The molecule has 0 amide bonds. The molecule has 0 aliphatic rings. The number of sulfone groups is 1. The molecule has 3 aromatic rings. The number of fused-ring (bicyclic) bond motifs is 1. The molecule has 0 N–H and O–H groups in total. The molecule has 0 heterocycles. The molecule has 0 unspecified atom stereocenters. The molecule has 3 rings (SSSR count). The Morgan fingerprint density at radius 1 is 0.769 bits per heavy atom. The van der Waals surface area contributed by atoms with E-state index in [2.05, 4.69) is 0 Å². The van der Waals surface area contributed by atoms with Gasteiger partial charge in [0.25, 0.3) is 10.0 Å². The topological polar surface area (TPSA) is 71.5 Å². The van der Waals surface area contributed by atoms with Crippen LogP contribution in [0, 0.1) is 0 Å². The Morgan fingerprint density at radius 3 is 1.96 bits per heavy atom. The Morgan fingerprint density at radius 2 is 1.35 bits per heavy atom. The number of hydrogen-bond acceptors (Lipinski definition) is 4. The van der Waals surface area contributed by atoms with Crippen molar-refractivity contribution >= 4 is 36.3 Å². The molecular formula is C19H19NO4S2. The van der Waals surface area contributed by atoms with Gasteiger partial charge in [0.15, 0.2) is 9.84 Å². The average molecular weight is 389 g/mol. The van der Waals surface area contributed by atoms with Gasteiger partial charge in [-0.15, -0.1) is 0 Å². The van der Waals surface area contributed by atoms with Gasteiger partial charge in [-0.2, -0.15) is 0 Å². The first-order chi connectivity index (χ1) is 12.3. The third kappa shape index (κ3) is 3.32. The first-order valence-electron chi connectivity index (χ1n) is 8.06. The quantitative estimate of drug-likeness (QED) is 0.670. The molecule has 0 fully saturated rings. The van der Waals surface area contributed by atoms with Crippen LogP contribution in [0.2, 0.25) is 0 Å². The van der Waals surface area contributed by atoms with Crippen LogP contribution in [-0.2, 0) is 19.9 Å². The molecule has 3 aromatic carbocycles. The third-order valence-electron chi connectivity index (χ3n) is 4.32. The molecule has 0 radical (unpaired) electrons. The molecule has 0 aliphatic carbocycles. The lowest BCUT2D eigenvalue weighted by molar-refractivity contribution is 0.592. The van der Waals surface area contributed by atoms with E-state index in [0.29, 0.717) is 5.69 Å². The number of benzene rings is 3. The predicted octanol–water partition coefficient (Wildman–Crippen LogP) is 3.46. The van der Waals surface area contributed by atoms with Crippen molar-refractivity contribution in [2.24, 2.45) is 0 Å². The molecule has 7 heteroatoms. The van der Waals surface area contributed by atoms with Crippen molar-refractivity contribution in [1.29, 1.82) is 0 Å². The molecule has 0 aliphatic heterocycles. The molecule has 0 bridgehead atoms. The van der Waals surface area contributed by atoms with E-state index in [1.54, 1.807) is 13.0 Å². The van der Waals surface area contributed by atoms with Crippen LogP contribution in [0.3, 0.4) is 0 Å². The second-order valence-electron chi connectivity index (χ2n) is 5.88. The van der Waals surface area contributed by atoms with Gasteiger partial charge < -0.3 is 0 Å². The first-order valence-corrected chi connectivity index (χ1v) is 11.2. The molecule has 0 saturated carbocycles. The standard InChI is InChI=1S/C19H19NO4S2/c1-3-25(21,22)18-10-12-19(13-11-18)26(23,24)20(2)17-9-8-15-6-4-5-7-16(15)14-17/h4-14H,3H2,1-2H3. The van der Waals surface area contributed by atoms with Crippen LogP contribution >= 0.6 is 0 Å². The van der Waals surface area contributed by atoms with Crippen LogP contribution < -0.4 is 4.31 Å². The monoisotopic (exact) mass is 389 g/mol. The van der Waals surface area contributed by atoms with Crippen LogP contribution in [0.15, 0.2) is 76.5 Å². The molecule has 26 heavy (non-hydrogen) atoms. The highest BCUT2D eigenvalue weighted by Crippen LogP contribution is 2.26. The molecule has 0 aromatic heterocycles. The highest BCUT2D eigenvalue weighted by atomic mass is 32.2. The summed E-state index contributed by atoms with van der Waals surface area (Å²) < 4.78 is 50.7. The number of hydrogen-bond donors (Lipinski definition) is 0. The molecular weight excluding hydrogens is 370 g/mol. The van der Waals surface area contributed by atoms with Gasteiger partial charge in [-0.1, -0.05) is 37.3 Å². The van der Waals surface area contributed by atoms with Gasteiger partial charge in [0.2, 0.25) is 0 Å². The normalized spacial score (nSPS) is 12.2. The zero-order chi connectivity index (χ0) is 18.9. The van der Waals surface area contributed by atoms with Crippen molar-refractivity contribution in [3.63, 3.8) is 0 Å². The van der Waals surface area contributed by atoms with Gasteiger partial charge in [0, 0.05) is 7.05 Å². The van der Waals surface area contributed by atoms with Crippen molar-refractivity contribution < 1.29 is 16.8 Å². The molecule has 136 valence electrons. The summed E-state index contributed by atoms with van der Waals surface area (Å²) in [6.45, 7) is 1.55. The van der Waals surface area contributed by atoms with Crippen molar-refractivity contribution in [3.8, 4) is 0 Å². The Bertz CT molecular complexity index is 1150. The maximum Gasteiger partial charge on any atom is 0.264 e. The van der Waals surface area contributed by atoms with E-state index in [1.165, 1.54) is 35.6 Å². The summed E-state index contributed by atoms with van der Waals surface area (Å²) in [7, 11) is -5.67. The number of anilines is 1. The minimum Gasteiger partial charge on any atom is -0.269 e. The van der Waals surface area contributed by atoms with E-state index in [-0.39, 0.29) is 15.5 Å². The fourth-order valence-corrected chi connectivity index (χ4v) is 4.73. The summed E-state index contributed by atoms with van der Waals surface area (Å²) in [5.41, 5.74) is 0.536. The van der Waals surface area contributed by atoms with E-state index in [4.69, 9.17) is 0 Å².